The molecule has 1 aromatic rings. The summed E-state index contributed by atoms with van der Waals surface area (Å²) in [6, 6.07) is 3.23. The highest BCUT2D eigenvalue weighted by Gasteiger charge is 2.06. The van der Waals surface area contributed by atoms with Crippen LogP contribution in [-0.2, 0) is 4.79 Å². The minimum absolute atomic E-state index is 0.00106. The van der Waals surface area contributed by atoms with Crippen molar-refractivity contribution in [3.05, 3.63) is 17.8 Å². The minimum Gasteiger partial charge on any atom is -0.368 e. The van der Waals surface area contributed by atoms with Crippen LogP contribution < -0.4 is 16.0 Å². The van der Waals surface area contributed by atoms with Crippen LogP contribution in [0.1, 0.15) is 30.8 Å². The minimum atomic E-state index is -0.280. The highest BCUT2D eigenvalue weighted by molar-refractivity contribution is 5.91. The zero-order valence-corrected chi connectivity index (χ0v) is 12.1. The molecule has 3 N–H and O–H groups in total. The fourth-order valence-electron chi connectivity index (χ4n) is 1.39. The number of carbonyl (C=O) groups is 2. The van der Waals surface area contributed by atoms with Gasteiger partial charge in [0.1, 0.15) is 5.82 Å². The summed E-state index contributed by atoms with van der Waals surface area (Å²) in [5.74, 6) is 0.697. The van der Waals surface area contributed by atoms with Gasteiger partial charge in [-0.1, -0.05) is 13.8 Å². The largest absolute Gasteiger partial charge is 0.368 e. The van der Waals surface area contributed by atoms with Gasteiger partial charge in [0.2, 0.25) is 5.91 Å². The number of hydrogen-bond donors (Lipinski definition) is 3. The van der Waals surface area contributed by atoms with E-state index in [1.54, 1.807) is 12.1 Å². The zero-order valence-electron chi connectivity index (χ0n) is 12.1. The molecule has 0 unspecified atom stereocenters. The van der Waals surface area contributed by atoms with Gasteiger partial charge in [-0.05, 0) is 18.1 Å². The van der Waals surface area contributed by atoms with Crippen LogP contribution in [0.4, 0.5) is 5.82 Å². The topological polar surface area (TPSA) is 96.0 Å². The number of nitrogens with one attached hydrogen (secondary N) is 3. The predicted molar refractivity (Wildman–Crippen MR) is 76.4 cm³/mol. The predicted octanol–water partition coefficient (Wildman–Crippen LogP) is 0.410. The first-order valence-electron chi connectivity index (χ1n) is 6.59. The van der Waals surface area contributed by atoms with Gasteiger partial charge in [0.05, 0.1) is 0 Å². The van der Waals surface area contributed by atoms with E-state index >= 15 is 0 Å². The van der Waals surface area contributed by atoms with Crippen molar-refractivity contribution in [2.45, 2.75) is 20.3 Å². The third-order valence-electron chi connectivity index (χ3n) is 2.49. The van der Waals surface area contributed by atoms with Crippen LogP contribution in [-0.4, -0.2) is 42.1 Å². The van der Waals surface area contributed by atoms with Gasteiger partial charge in [0.25, 0.3) is 5.91 Å². The molecule has 1 heterocycles. The van der Waals surface area contributed by atoms with Crippen LogP contribution in [0, 0.1) is 5.92 Å². The number of anilines is 1. The summed E-state index contributed by atoms with van der Waals surface area (Å²) < 4.78 is 0. The quantitative estimate of drug-likeness (QED) is 0.672. The lowest BCUT2D eigenvalue weighted by Gasteiger charge is -2.08. The Hall–Kier alpha value is -2.18. The molecular weight excluding hydrogens is 258 g/mol. The molecule has 2 amide bonds. The van der Waals surface area contributed by atoms with Crippen molar-refractivity contribution in [2.24, 2.45) is 5.92 Å². The molecule has 0 atom stereocenters. The molecule has 7 nitrogen and oxygen atoms in total. The van der Waals surface area contributed by atoms with Crippen LogP contribution >= 0.6 is 0 Å². The Bertz CT molecular complexity index is 445. The number of rotatable bonds is 7. The molecule has 0 aromatic carbocycles. The molecule has 0 fully saturated rings. The number of hydrogen-bond acceptors (Lipinski definition) is 5. The second-order valence-electron chi connectivity index (χ2n) is 4.76. The van der Waals surface area contributed by atoms with Crippen molar-refractivity contribution in [3.8, 4) is 0 Å². The maximum absolute atomic E-state index is 11.5. The fraction of sp³-hybridized carbons (Fsp3) is 0.538. The van der Waals surface area contributed by atoms with Gasteiger partial charge < -0.3 is 16.0 Å². The summed E-state index contributed by atoms with van der Waals surface area (Å²) in [5, 5.41) is 15.9. The summed E-state index contributed by atoms with van der Waals surface area (Å²) in [7, 11) is 1.53. The van der Waals surface area contributed by atoms with Crippen molar-refractivity contribution in [1.82, 2.24) is 20.8 Å². The van der Waals surface area contributed by atoms with Crippen LogP contribution in [0.25, 0.3) is 0 Å². The van der Waals surface area contributed by atoms with E-state index in [1.165, 1.54) is 7.05 Å². The molecule has 0 aliphatic rings. The highest BCUT2D eigenvalue weighted by atomic mass is 16.2. The lowest BCUT2D eigenvalue weighted by atomic mass is 10.2. The van der Waals surface area contributed by atoms with Gasteiger partial charge in [0.15, 0.2) is 5.69 Å². The van der Waals surface area contributed by atoms with E-state index < -0.39 is 0 Å². The molecular formula is C13H21N5O2. The van der Waals surface area contributed by atoms with Crippen molar-refractivity contribution in [1.29, 1.82) is 0 Å². The first-order valence-corrected chi connectivity index (χ1v) is 6.59. The Morgan fingerprint density at radius 3 is 2.55 bits per heavy atom. The Morgan fingerprint density at radius 1 is 1.25 bits per heavy atom. The summed E-state index contributed by atoms with van der Waals surface area (Å²) in [6.07, 6.45) is 0.367. The van der Waals surface area contributed by atoms with E-state index in [9.17, 15) is 9.59 Å². The number of nitrogens with zero attached hydrogens (tertiary/aromatic N) is 2. The van der Waals surface area contributed by atoms with E-state index in [0.29, 0.717) is 31.2 Å². The number of amides is 2. The Morgan fingerprint density at radius 2 is 2.00 bits per heavy atom. The van der Waals surface area contributed by atoms with Crippen molar-refractivity contribution < 1.29 is 9.59 Å². The maximum atomic E-state index is 11.5. The van der Waals surface area contributed by atoms with Crippen LogP contribution in [0.15, 0.2) is 12.1 Å². The third-order valence-corrected chi connectivity index (χ3v) is 2.49. The average Bonchev–Trinajstić information content (AvgIpc) is 2.45. The SMILES string of the molecule is CNC(=O)c1ccc(NCCC(=O)NCC(C)C)nn1. The molecule has 1 rings (SSSR count). The van der Waals surface area contributed by atoms with Crippen LogP contribution in [0.5, 0.6) is 0 Å². The Kier molecular flexibility index (Phi) is 6.42. The summed E-state index contributed by atoms with van der Waals surface area (Å²) in [4.78, 5) is 22.7. The molecule has 0 spiro atoms. The van der Waals surface area contributed by atoms with Gasteiger partial charge in [0, 0.05) is 26.6 Å². The molecule has 7 heteroatoms. The molecule has 0 bridgehead atoms. The molecule has 0 saturated carbocycles. The van der Waals surface area contributed by atoms with Crippen molar-refractivity contribution >= 4 is 17.6 Å². The maximum Gasteiger partial charge on any atom is 0.271 e. The lowest BCUT2D eigenvalue weighted by Crippen LogP contribution is -2.28. The van der Waals surface area contributed by atoms with Gasteiger partial charge >= 0.3 is 0 Å². The van der Waals surface area contributed by atoms with E-state index in [-0.39, 0.29) is 17.5 Å². The van der Waals surface area contributed by atoms with E-state index in [1.807, 2.05) is 13.8 Å². The first-order chi connectivity index (χ1) is 9.52. The summed E-state index contributed by atoms with van der Waals surface area (Å²) in [6.45, 7) is 5.24. The molecule has 0 aliphatic heterocycles. The molecule has 1 aromatic heterocycles. The summed E-state index contributed by atoms with van der Waals surface area (Å²) in [5.41, 5.74) is 0.257. The van der Waals surface area contributed by atoms with Crippen molar-refractivity contribution in [2.75, 3.05) is 25.5 Å². The van der Waals surface area contributed by atoms with Crippen LogP contribution in [0.2, 0.25) is 0 Å². The molecule has 20 heavy (non-hydrogen) atoms. The Balaban J connectivity index is 2.32. The molecule has 0 saturated heterocycles. The second kappa shape index (κ2) is 8.08. The van der Waals surface area contributed by atoms with Gasteiger partial charge in [-0.15, -0.1) is 10.2 Å². The monoisotopic (exact) mass is 279 g/mol. The van der Waals surface area contributed by atoms with E-state index in [4.69, 9.17) is 0 Å². The molecule has 0 aliphatic carbocycles. The highest BCUT2D eigenvalue weighted by Crippen LogP contribution is 2.02. The average molecular weight is 279 g/mol. The van der Waals surface area contributed by atoms with E-state index in [0.717, 1.165) is 0 Å². The first kappa shape index (κ1) is 15.9. The number of aromatic nitrogens is 2. The van der Waals surface area contributed by atoms with Crippen molar-refractivity contribution in [3.63, 3.8) is 0 Å². The molecule has 0 radical (unpaired) electrons. The fourth-order valence-corrected chi connectivity index (χ4v) is 1.39. The van der Waals surface area contributed by atoms with Gasteiger partial charge in [-0.3, -0.25) is 9.59 Å². The van der Waals surface area contributed by atoms with Gasteiger partial charge in [-0.2, -0.15) is 0 Å². The van der Waals surface area contributed by atoms with Crippen LogP contribution in [0.3, 0.4) is 0 Å². The summed E-state index contributed by atoms with van der Waals surface area (Å²) >= 11 is 0. The van der Waals surface area contributed by atoms with E-state index in [2.05, 4.69) is 26.1 Å². The zero-order chi connectivity index (χ0) is 15.0. The molecule has 110 valence electrons. The standard InChI is InChI=1S/C13H21N5O2/c1-9(2)8-16-12(19)6-7-15-11-5-4-10(17-18-11)13(20)14-3/h4-5,9H,6-8H2,1-3H3,(H,14,20)(H,15,18)(H,16,19). The Labute approximate surface area is 118 Å². The number of carbonyl (C=O) groups excluding carboxylic acids is 2. The smallest absolute Gasteiger partial charge is 0.271 e. The normalized spacial score (nSPS) is 10.2. The second-order valence-corrected chi connectivity index (χ2v) is 4.76. The lowest BCUT2D eigenvalue weighted by molar-refractivity contribution is -0.120. The third kappa shape index (κ3) is 5.64. The van der Waals surface area contributed by atoms with Gasteiger partial charge in [-0.25, -0.2) is 0 Å².